The number of carboxylic acids is 1. The van der Waals surface area contributed by atoms with Crippen molar-refractivity contribution in [2.45, 2.75) is 41.0 Å². The summed E-state index contributed by atoms with van der Waals surface area (Å²) in [4.78, 5) is 11.3. The summed E-state index contributed by atoms with van der Waals surface area (Å²) in [6.07, 6.45) is 4.51. The molecule has 0 fully saturated rings. The van der Waals surface area contributed by atoms with Gasteiger partial charge in [-0.3, -0.25) is 4.79 Å². The molecule has 0 aromatic carbocycles. The lowest BCUT2D eigenvalue weighted by molar-refractivity contribution is -0.144. The molecule has 0 amide bonds. The summed E-state index contributed by atoms with van der Waals surface area (Å²) in [6, 6.07) is 0. The van der Waals surface area contributed by atoms with E-state index in [1.165, 1.54) is 0 Å². The molecular formula is C14H22O2. The molecular weight excluding hydrogens is 200 g/mol. The Kier molecular flexibility index (Phi) is 5.22. The quantitative estimate of drug-likeness (QED) is 0.715. The predicted molar refractivity (Wildman–Crippen MR) is 68.4 cm³/mol. The van der Waals surface area contributed by atoms with E-state index in [-0.39, 0.29) is 0 Å². The highest BCUT2D eigenvalue weighted by atomic mass is 16.4. The normalized spacial score (nSPS) is 14.4. The summed E-state index contributed by atoms with van der Waals surface area (Å²) in [6.45, 7) is 13.1. The summed E-state index contributed by atoms with van der Waals surface area (Å²) >= 11 is 0. The molecule has 0 aromatic heterocycles. The van der Waals surface area contributed by atoms with Crippen molar-refractivity contribution in [2.75, 3.05) is 0 Å². The average Bonchev–Trinajstić information content (AvgIpc) is 2.23. The van der Waals surface area contributed by atoms with Crippen LogP contribution in [0.5, 0.6) is 0 Å². The molecule has 0 rings (SSSR count). The van der Waals surface area contributed by atoms with E-state index in [1.807, 2.05) is 26.8 Å². The third-order valence-corrected chi connectivity index (χ3v) is 2.89. The van der Waals surface area contributed by atoms with Crippen LogP contribution in [-0.4, -0.2) is 11.1 Å². The molecule has 16 heavy (non-hydrogen) atoms. The van der Waals surface area contributed by atoms with E-state index in [9.17, 15) is 9.90 Å². The second kappa shape index (κ2) is 5.69. The van der Waals surface area contributed by atoms with E-state index in [1.54, 1.807) is 19.9 Å². The van der Waals surface area contributed by atoms with Crippen molar-refractivity contribution >= 4 is 5.97 Å². The summed E-state index contributed by atoms with van der Waals surface area (Å²) in [5.74, 6) is -0.802. The lowest BCUT2D eigenvalue weighted by atomic mass is 9.80. The zero-order valence-electron chi connectivity index (χ0n) is 10.9. The van der Waals surface area contributed by atoms with Gasteiger partial charge in [0.15, 0.2) is 0 Å². The topological polar surface area (TPSA) is 37.3 Å². The van der Waals surface area contributed by atoms with Crippen LogP contribution in [0, 0.1) is 5.41 Å². The van der Waals surface area contributed by atoms with Gasteiger partial charge in [-0.2, -0.15) is 0 Å². The molecule has 2 heteroatoms. The van der Waals surface area contributed by atoms with Gasteiger partial charge in [-0.15, -0.1) is 0 Å². The maximum Gasteiger partial charge on any atom is 0.313 e. The number of carboxylic acid groups (broad SMARTS) is 1. The molecule has 0 aromatic rings. The van der Waals surface area contributed by atoms with Gasteiger partial charge < -0.3 is 5.11 Å². The summed E-state index contributed by atoms with van der Waals surface area (Å²) in [5.41, 5.74) is 2.11. The monoisotopic (exact) mass is 222 g/mol. The largest absolute Gasteiger partial charge is 0.481 e. The summed E-state index contributed by atoms with van der Waals surface area (Å²) in [5, 5.41) is 9.25. The van der Waals surface area contributed by atoms with Crippen LogP contribution in [0.2, 0.25) is 0 Å². The Hall–Kier alpha value is -1.31. The van der Waals surface area contributed by atoms with E-state index in [4.69, 9.17) is 0 Å². The number of carbonyl (C=O) groups is 1. The van der Waals surface area contributed by atoms with Gasteiger partial charge in [-0.25, -0.2) is 0 Å². The van der Waals surface area contributed by atoms with Crippen LogP contribution in [0.4, 0.5) is 0 Å². The lowest BCUT2D eigenvalue weighted by Gasteiger charge is -2.24. The van der Waals surface area contributed by atoms with E-state index in [2.05, 4.69) is 6.58 Å². The maximum atomic E-state index is 11.3. The molecule has 0 heterocycles. The molecule has 0 unspecified atom stereocenters. The van der Waals surface area contributed by atoms with E-state index < -0.39 is 11.4 Å². The van der Waals surface area contributed by atoms with Gasteiger partial charge in [0.1, 0.15) is 0 Å². The van der Waals surface area contributed by atoms with Crippen LogP contribution in [0.1, 0.15) is 41.0 Å². The second-order valence-corrected chi connectivity index (χ2v) is 4.57. The van der Waals surface area contributed by atoms with Crippen molar-refractivity contribution in [2.24, 2.45) is 5.41 Å². The molecule has 0 saturated heterocycles. The number of hydrogen-bond acceptors (Lipinski definition) is 1. The zero-order chi connectivity index (χ0) is 12.9. The fourth-order valence-electron chi connectivity index (χ4n) is 1.43. The van der Waals surface area contributed by atoms with Crippen molar-refractivity contribution in [3.05, 3.63) is 35.5 Å². The third kappa shape index (κ3) is 3.37. The molecule has 0 spiro atoms. The maximum absolute atomic E-state index is 11.3. The standard InChI is InChI=1S/C14H22O2/c1-7-10(3)9-12(11(4)8-2)14(5,6)13(15)16/h7,9H,1,8H2,2-6H3,(H,15,16)/b10-9-,12-11-. The summed E-state index contributed by atoms with van der Waals surface area (Å²) < 4.78 is 0. The average molecular weight is 222 g/mol. The molecule has 0 atom stereocenters. The Morgan fingerprint density at radius 3 is 2.19 bits per heavy atom. The molecule has 1 N–H and O–H groups in total. The Labute approximate surface area is 98.4 Å². The van der Waals surface area contributed by atoms with Crippen molar-refractivity contribution in [3.8, 4) is 0 Å². The first-order valence-corrected chi connectivity index (χ1v) is 5.51. The molecule has 0 radical (unpaired) electrons. The van der Waals surface area contributed by atoms with Gasteiger partial charge in [-0.1, -0.05) is 36.8 Å². The van der Waals surface area contributed by atoms with Crippen molar-refractivity contribution in [1.29, 1.82) is 0 Å². The molecule has 0 bridgehead atoms. The minimum atomic E-state index is -0.857. The minimum Gasteiger partial charge on any atom is -0.481 e. The molecule has 2 nitrogen and oxygen atoms in total. The highest BCUT2D eigenvalue weighted by Crippen LogP contribution is 2.32. The van der Waals surface area contributed by atoms with Gasteiger partial charge in [0.05, 0.1) is 5.41 Å². The smallest absolute Gasteiger partial charge is 0.313 e. The summed E-state index contributed by atoms with van der Waals surface area (Å²) in [7, 11) is 0. The molecule has 0 aliphatic heterocycles. The van der Waals surface area contributed by atoms with Gasteiger partial charge in [0.2, 0.25) is 0 Å². The van der Waals surface area contributed by atoms with E-state index in [0.29, 0.717) is 0 Å². The molecule has 0 aliphatic carbocycles. The van der Waals surface area contributed by atoms with Crippen LogP contribution in [0.25, 0.3) is 0 Å². The van der Waals surface area contributed by atoms with Gasteiger partial charge >= 0.3 is 5.97 Å². The van der Waals surface area contributed by atoms with Crippen LogP contribution < -0.4 is 0 Å². The Balaban J connectivity index is 5.64. The first-order valence-electron chi connectivity index (χ1n) is 5.51. The van der Waals surface area contributed by atoms with Gasteiger partial charge in [-0.05, 0) is 39.7 Å². The van der Waals surface area contributed by atoms with Crippen LogP contribution >= 0.6 is 0 Å². The number of hydrogen-bond donors (Lipinski definition) is 1. The number of rotatable bonds is 5. The van der Waals surface area contributed by atoms with Crippen LogP contribution in [-0.2, 0) is 4.79 Å². The predicted octanol–water partition coefficient (Wildman–Crippen LogP) is 3.96. The highest BCUT2D eigenvalue weighted by molar-refractivity contribution is 5.79. The van der Waals surface area contributed by atoms with E-state index >= 15 is 0 Å². The first-order chi connectivity index (χ1) is 7.27. The van der Waals surface area contributed by atoms with Crippen molar-refractivity contribution in [3.63, 3.8) is 0 Å². The van der Waals surface area contributed by atoms with Crippen LogP contribution in [0.15, 0.2) is 35.5 Å². The highest BCUT2D eigenvalue weighted by Gasteiger charge is 2.31. The van der Waals surface area contributed by atoms with E-state index in [0.717, 1.165) is 23.1 Å². The Morgan fingerprint density at radius 1 is 1.38 bits per heavy atom. The second-order valence-electron chi connectivity index (χ2n) is 4.57. The molecule has 0 saturated carbocycles. The fraction of sp³-hybridized carbons (Fsp3) is 0.500. The molecule has 90 valence electrons. The Morgan fingerprint density at radius 2 is 1.88 bits per heavy atom. The zero-order valence-corrected chi connectivity index (χ0v) is 10.9. The number of aliphatic carboxylic acids is 1. The Bertz CT molecular complexity index is 344. The SMILES string of the molecule is C=C/C(C)=C\C(=C(/C)CC)C(C)(C)C(=O)O. The number of allylic oxidation sites excluding steroid dienone is 4. The van der Waals surface area contributed by atoms with Crippen molar-refractivity contribution in [1.82, 2.24) is 0 Å². The first kappa shape index (κ1) is 14.7. The van der Waals surface area contributed by atoms with Crippen LogP contribution in [0.3, 0.4) is 0 Å². The fourth-order valence-corrected chi connectivity index (χ4v) is 1.43. The van der Waals surface area contributed by atoms with Gasteiger partial charge in [0.25, 0.3) is 0 Å². The van der Waals surface area contributed by atoms with Gasteiger partial charge in [0, 0.05) is 0 Å². The molecule has 0 aliphatic rings. The minimum absolute atomic E-state index is 0.802. The van der Waals surface area contributed by atoms with Crippen molar-refractivity contribution < 1.29 is 9.90 Å². The third-order valence-electron chi connectivity index (χ3n) is 2.89. The lowest BCUT2D eigenvalue weighted by Crippen LogP contribution is -2.26.